The second kappa shape index (κ2) is 10.1. The average Bonchev–Trinajstić information content (AvgIpc) is 2.86. The summed E-state index contributed by atoms with van der Waals surface area (Å²) in [6, 6.07) is 8.13. The summed E-state index contributed by atoms with van der Waals surface area (Å²) in [5.41, 5.74) is 1.10. The number of allylic oxidation sites excluding steroid dienone is 1. The molecule has 8 nitrogen and oxygen atoms in total. The molecule has 1 fully saturated rings. The summed E-state index contributed by atoms with van der Waals surface area (Å²) in [5, 5.41) is 15.3. The van der Waals surface area contributed by atoms with Gasteiger partial charge in [-0.1, -0.05) is 19.9 Å². The molecule has 0 radical (unpaired) electrons. The van der Waals surface area contributed by atoms with Crippen molar-refractivity contribution in [2.24, 2.45) is 5.92 Å². The van der Waals surface area contributed by atoms with Crippen LogP contribution in [0.15, 0.2) is 42.7 Å². The van der Waals surface area contributed by atoms with E-state index in [0.29, 0.717) is 42.4 Å². The maximum absolute atomic E-state index is 14.7. The van der Waals surface area contributed by atoms with Crippen molar-refractivity contribution in [2.75, 3.05) is 28.8 Å². The lowest BCUT2D eigenvalue weighted by Crippen LogP contribution is -2.57. The van der Waals surface area contributed by atoms with Gasteiger partial charge >= 0.3 is 0 Å². The molecule has 39 heavy (non-hydrogen) atoms. The molecule has 0 amide bonds. The van der Waals surface area contributed by atoms with E-state index in [9.17, 15) is 17.9 Å². The minimum atomic E-state index is -3.03. The van der Waals surface area contributed by atoms with E-state index in [2.05, 4.69) is 58.1 Å². The highest BCUT2D eigenvalue weighted by Crippen LogP contribution is 2.40. The van der Waals surface area contributed by atoms with E-state index in [4.69, 9.17) is 0 Å². The minimum absolute atomic E-state index is 0.110. The predicted octanol–water partition coefficient (Wildman–Crippen LogP) is 5.03. The third kappa shape index (κ3) is 5.63. The molecule has 10 heteroatoms. The topological polar surface area (TPSA) is 108 Å². The molecule has 0 saturated carbocycles. The van der Waals surface area contributed by atoms with Crippen molar-refractivity contribution in [1.29, 1.82) is 0 Å². The largest absolute Gasteiger partial charge is 0.389 e. The number of anilines is 3. The molecule has 1 saturated heterocycles. The van der Waals surface area contributed by atoms with Gasteiger partial charge in [0.05, 0.1) is 11.9 Å². The van der Waals surface area contributed by atoms with Crippen molar-refractivity contribution in [1.82, 2.24) is 15.0 Å². The lowest BCUT2D eigenvalue weighted by Gasteiger charge is -2.48. The molecule has 2 aliphatic rings. The number of aliphatic hydroxyl groups is 1. The third-order valence-electron chi connectivity index (χ3n) is 7.96. The molecular formula is C29H36FN5O3S. The first-order valence-electron chi connectivity index (χ1n) is 13.4. The van der Waals surface area contributed by atoms with E-state index in [1.165, 1.54) is 24.8 Å². The van der Waals surface area contributed by atoms with Crippen LogP contribution in [0.1, 0.15) is 57.8 Å². The molecule has 0 unspecified atom stereocenters. The average molecular weight is 554 g/mol. The number of aliphatic hydroxyl groups excluding tert-OH is 1. The fourth-order valence-corrected chi connectivity index (χ4v) is 6.79. The number of benzene rings is 1. The van der Waals surface area contributed by atoms with Gasteiger partial charge in [-0.3, -0.25) is 0 Å². The molecule has 2 N–H and O–H groups in total. The van der Waals surface area contributed by atoms with Crippen LogP contribution in [0.5, 0.6) is 0 Å². The first kappa shape index (κ1) is 27.5. The number of rotatable bonds is 7. The molecular weight excluding hydrogens is 517 g/mol. The van der Waals surface area contributed by atoms with Gasteiger partial charge in [-0.25, -0.2) is 27.8 Å². The van der Waals surface area contributed by atoms with Gasteiger partial charge in [0.15, 0.2) is 11.5 Å². The van der Waals surface area contributed by atoms with E-state index in [0.717, 1.165) is 16.5 Å². The third-order valence-corrected chi connectivity index (χ3v) is 8.99. The SMILES string of the molecule is CC(C)c1ccc(N2C[C@@H](CS(C)(=O)=O)[C@@H]2C)c2cnc(Nc3ccnc(C4=C[C@](C)(F)[C@H](O)CC4)n3)cc12. The van der Waals surface area contributed by atoms with Crippen LogP contribution in [-0.2, 0) is 9.84 Å². The zero-order chi connectivity index (χ0) is 28.1. The standard InChI is InChI=1S/C29H36FN5O3S/c1-17(2)21-7-8-24(35-15-20(18(35)3)16-39(5,37)38)23-14-32-27(12-22(21)23)33-26-10-11-31-28(34-26)19-6-9-25(36)29(4,30)13-19/h7-8,10-14,17-18,20,25,36H,6,9,15-16H2,1-5H3,(H,31,32,33,34)/t18-,20-,25+,29-/m0/s1. The first-order chi connectivity index (χ1) is 18.3. The monoisotopic (exact) mass is 553 g/mol. The summed E-state index contributed by atoms with van der Waals surface area (Å²) in [6.45, 7) is 8.44. The molecule has 3 aromatic rings. The van der Waals surface area contributed by atoms with Gasteiger partial charge in [0, 0.05) is 48.2 Å². The second-order valence-corrected chi connectivity index (χ2v) is 13.6. The number of nitrogens with zero attached hydrogens (tertiary/aromatic N) is 4. The Labute approximate surface area is 229 Å². The molecule has 4 atom stereocenters. The van der Waals surface area contributed by atoms with Crippen LogP contribution in [0.4, 0.5) is 21.7 Å². The Hall–Kier alpha value is -3.11. The highest BCUT2D eigenvalue weighted by Gasteiger charge is 2.38. The molecule has 1 aromatic carbocycles. The molecule has 0 bridgehead atoms. The van der Waals surface area contributed by atoms with Crippen LogP contribution in [0, 0.1) is 5.92 Å². The predicted molar refractivity (Wildman–Crippen MR) is 154 cm³/mol. The van der Waals surface area contributed by atoms with Gasteiger partial charge in [-0.15, -0.1) is 0 Å². The van der Waals surface area contributed by atoms with Crippen LogP contribution in [0.25, 0.3) is 16.3 Å². The number of fused-ring (bicyclic) bond motifs is 1. The number of hydrogen-bond acceptors (Lipinski definition) is 8. The van der Waals surface area contributed by atoms with Gasteiger partial charge in [-0.05, 0) is 73.4 Å². The maximum Gasteiger partial charge on any atom is 0.157 e. The number of hydrogen-bond donors (Lipinski definition) is 2. The Kier molecular flexibility index (Phi) is 7.13. The zero-order valence-corrected chi connectivity index (χ0v) is 23.8. The van der Waals surface area contributed by atoms with Crippen LogP contribution in [0.2, 0.25) is 0 Å². The van der Waals surface area contributed by atoms with Crippen molar-refractivity contribution in [3.8, 4) is 0 Å². The van der Waals surface area contributed by atoms with Crippen molar-refractivity contribution in [3.63, 3.8) is 0 Å². The van der Waals surface area contributed by atoms with Crippen LogP contribution < -0.4 is 10.2 Å². The van der Waals surface area contributed by atoms with Gasteiger partial charge < -0.3 is 15.3 Å². The normalized spacial score (nSPS) is 25.5. The Morgan fingerprint density at radius 3 is 2.64 bits per heavy atom. The van der Waals surface area contributed by atoms with Gasteiger partial charge in [0.1, 0.15) is 21.5 Å². The Bertz CT molecular complexity index is 1540. The highest BCUT2D eigenvalue weighted by atomic mass is 32.2. The van der Waals surface area contributed by atoms with Gasteiger partial charge in [0.2, 0.25) is 0 Å². The second-order valence-electron chi connectivity index (χ2n) is 11.5. The van der Waals surface area contributed by atoms with E-state index < -0.39 is 21.6 Å². The van der Waals surface area contributed by atoms with E-state index in [1.54, 1.807) is 12.3 Å². The molecule has 0 spiro atoms. The highest BCUT2D eigenvalue weighted by molar-refractivity contribution is 7.90. The van der Waals surface area contributed by atoms with Gasteiger partial charge in [-0.2, -0.15) is 0 Å². The Morgan fingerprint density at radius 2 is 1.97 bits per heavy atom. The van der Waals surface area contributed by atoms with Crippen molar-refractivity contribution < 1.29 is 17.9 Å². The van der Waals surface area contributed by atoms with E-state index in [-0.39, 0.29) is 23.6 Å². The van der Waals surface area contributed by atoms with Crippen LogP contribution in [0.3, 0.4) is 0 Å². The molecule has 5 rings (SSSR count). The number of pyridine rings is 1. The Morgan fingerprint density at radius 1 is 1.21 bits per heavy atom. The first-order valence-corrected chi connectivity index (χ1v) is 15.4. The summed E-state index contributed by atoms with van der Waals surface area (Å²) < 4.78 is 38.3. The summed E-state index contributed by atoms with van der Waals surface area (Å²) in [6.07, 6.45) is 5.98. The molecule has 1 aliphatic heterocycles. The molecule has 2 aromatic heterocycles. The number of aromatic nitrogens is 3. The zero-order valence-electron chi connectivity index (χ0n) is 23.0. The molecule has 3 heterocycles. The smallest absolute Gasteiger partial charge is 0.157 e. The fourth-order valence-electron chi connectivity index (χ4n) is 5.63. The van der Waals surface area contributed by atoms with Crippen molar-refractivity contribution in [3.05, 3.63) is 54.1 Å². The summed E-state index contributed by atoms with van der Waals surface area (Å²) in [5.74, 6) is 2.19. The van der Waals surface area contributed by atoms with E-state index in [1.807, 2.05) is 12.3 Å². The minimum Gasteiger partial charge on any atom is -0.389 e. The summed E-state index contributed by atoms with van der Waals surface area (Å²) in [7, 11) is -3.03. The summed E-state index contributed by atoms with van der Waals surface area (Å²) in [4.78, 5) is 15.9. The fraction of sp³-hybridized carbons (Fsp3) is 0.483. The molecule has 1 aliphatic carbocycles. The lowest BCUT2D eigenvalue weighted by atomic mass is 9.86. The maximum atomic E-state index is 14.7. The lowest BCUT2D eigenvalue weighted by molar-refractivity contribution is 0.0284. The van der Waals surface area contributed by atoms with E-state index >= 15 is 0 Å². The van der Waals surface area contributed by atoms with Crippen LogP contribution >= 0.6 is 0 Å². The van der Waals surface area contributed by atoms with Gasteiger partial charge in [0.25, 0.3) is 0 Å². The van der Waals surface area contributed by atoms with Crippen molar-refractivity contribution >= 4 is 43.5 Å². The Balaban J connectivity index is 1.44. The number of nitrogens with one attached hydrogen (secondary N) is 1. The van der Waals surface area contributed by atoms with Crippen LogP contribution in [-0.4, -0.2) is 64.8 Å². The molecule has 208 valence electrons. The summed E-state index contributed by atoms with van der Waals surface area (Å²) >= 11 is 0. The quantitative estimate of drug-likeness (QED) is 0.420. The number of halogens is 1. The van der Waals surface area contributed by atoms with Crippen molar-refractivity contribution in [2.45, 2.75) is 64.3 Å². The number of sulfone groups is 1. The number of alkyl halides is 1.